The lowest BCUT2D eigenvalue weighted by Gasteiger charge is -2.07. The van der Waals surface area contributed by atoms with E-state index < -0.39 is 5.97 Å². The monoisotopic (exact) mass is 357 g/mol. The molecule has 0 unspecified atom stereocenters. The smallest absolute Gasteiger partial charge is 0.335 e. The Kier molecular flexibility index (Phi) is 4.38. The van der Waals surface area contributed by atoms with Crippen LogP contribution in [0.25, 0.3) is 22.2 Å². The number of rotatable bonds is 5. The fourth-order valence-corrected chi connectivity index (χ4v) is 3.41. The second-order valence-corrected chi connectivity index (χ2v) is 6.44. The van der Waals surface area contributed by atoms with Gasteiger partial charge in [0.2, 0.25) is 0 Å². The van der Waals surface area contributed by atoms with Gasteiger partial charge < -0.3 is 14.8 Å². The highest BCUT2D eigenvalue weighted by molar-refractivity contribution is 5.92. The first-order chi connectivity index (χ1) is 13.2. The van der Waals surface area contributed by atoms with Crippen LogP contribution >= 0.6 is 0 Å². The molecule has 0 aliphatic rings. The van der Waals surface area contributed by atoms with Crippen molar-refractivity contribution in [2.75, 3.05) is 7.11 Å². The van der Waals surface area contributed by atoms with Gasteiger partial charge in [-0.05, 0) is 41.0 Å². The van der Waals surface area contributed by atoms with Crippen molar-refractivity contribution in [1.82, 2.24) is 4.98 Å². The molecule has 0 radical (unpaired) electrons. The lowest BCUT2D eigenvalue weighted by Crippen LogP contribution is -1.98. The highest BCUT2D eigenvalue weighted by Crippen LogP contribution is 2.34. The first-order valence-electron chi connectivity index (χ1n) is 8.72. The summed E-state index contributed by atoms with van der Waals surface area (Å²) < 4.78 is 5.35. The third-order valence-corrected chi connectivity index (χ3v) is 4.73. The Morgan fingerprint density at radius 2 is 1.81 bits per heavy atom. The standard InChI is InChI=1S/C23H19NO3/c1-27-18-10-11-19-20(13-15-6-5-9-17(12-15)23(25)26)22(24-21(19)14-18)16-7-3-2-4-8-16/h2-12,14,24H,13H2,1H3,(H,25,26). The zero-order valence-corrected chi connectivity index (χ0v) is 14.9. The van der Waals surface area contributed by atoms with Gasteiger partial charge in [-0.3, -0.25) is 0 Å². The number of benzene rings is 3. The van der Waals surface area contributed by atoms with Crippen molar-refractivity contribution in [3.8, 4) is 17.0 Å². The van der Waals surface area contributed by atoms with Gasteiger partial charge in [-0.1, -0.05) is 42.5 Å². The number of carboxylic acid groups (broad SMARTS) is 1. The van der Waals surface area contributed by atoms with Gasteiger partial charge in [0.1, 0.15) is 5.75 Å². The molecule has 4 heteroatoms. The number of hydrogen-bond donors (Lipinski definition) is 2. The van der Waals surface area contributed by atoms with Crippen molar-refractivity contribution < 1.29 is 14.6 Å². The molecule has 134 valence electrons. The Morgan fingerprint density at radius 1 is 1.00 bits per heavy atom. The van der Waals surface area contributed by atoms with Gasteiger partial charge >= 0.3 is 5.97 Å². The maximum absolute atomic E-state index is 11.3. The van der Waals surface area contributed by atoms with Crippen LogP contribution in [0.2, 0.25) is 0 Å². The Labute approximate surface area is 157 Å². The first-order valence-corrected chi connectivity index (χ1v) is 8.72. The summed E-state index contributed by atoms with van der Waals surface area (Å²) in [4.78, 5) is 14.8. The molecule has 4 aromatic rings. The number of methoxy groups -OCH3 is 1. The molecule has 0 atom stereocenters. The van der Waals surface area contributed by atoms with E-state index in [4.69, 9.17) is 4.74 Å². The van der Waals surface area contributed by atoms with Gasteiger partial charge in [-0.15, -0.1) is 0 Å². The van der Waals surface area contributed by atoms with Crippen LogP contribution in [0.15, 0.2) is 72.8 Å². The lowest BCUT2D eigenvalue weighted by molar-refractivity contribution is 0.0696. The molecule has 0 aliphatic heterocycles. The SMILES string of the molecule is COc1ccc2c(Cc3cccc(C(=O)O)c3)c(-c3ccccc3)[nH]c2c1. The van der Waals surface area contributed by atoms with Gasteiger partial charge in [0.25, 0.3) is 0 Å². The second kappa shape index (κ2) is 7.00. The zero-order chi connectivity index (χ0) is 18.8. The second-order valence-electron chi connectivity index (χ2n) is 6.44. The molecule has 0 saturated heterocycles. The fraction of sp³-hybridized carbons (Fsp3) is 0.0870. The number of ether oxygens (including phenoxy) is 1. The summed E-state index contributed by atoms with van der Waals surface area (Å²) in [7, 11) is 1.65. The first kappa shape index (κ1) is 16.9. The molecule has 1 heterocycles. The minimum atomic E-state index is -0.913. The summed E-state index contributed by atoms with van der Waals surface area (Å²) in [5, 5.41) is 10.4. The topological polar surface area (TPSA) is 62.3 Å². The fourth-order valence-electron chi connectivity index (χ4n) is 3.41. The molecule has 0 amide bonds. The van der Waals surface area contributed by atoms with Crippen LogP contribution in [-0.2, 0) is 6.42 Å². The summed E-state index contributed by atoms with van der Waals surface area (Å²) in [6, 6.07) is 23.2. The number of carbonyl (C=O) groups is 1. The number of aromatic nitrogens is 1. The molecule has 2 N–H and O–H groups in total. The van der Waals surface area contributed by atoms with E-state index in [2.05, 4.69) is 17.1 Å². The average Bonchev–Trinajstić information content (AvgIpc) is 3.06. The molecule has 4 nitrogen and oxygen atoms in total. The van der Waals surface area contributed by atoms with Crippen molar-refractivity contribution in [1.29, 1.82) is 0 Å². The number of nitrogens with one attached hydrogen (secondary N) is 1. The van der Waals surface area contributed by atoms with Crippen LogP contribution in [0, 0.1) is 0 Å². The summed E-state index contributed by atoms with van der Waals surface area (Å²) in [6.45, 7) is 0. The van der Waals surface area contributed by atoms with E-state index in [1.54, 1.807) is 25.3 Å². The highest BCUT2D eigenvalue weighted by Gasteiger charge is 2.15. The lowest BCUT2D eigenvalue weighted by atomic mass is 9.97. The number of aromatic carboxylic acids is 1. The van der Waals surface area contributed by atoms with Crippen molar-refractivity contribution in [3.05, 3.63) is 89.5 Å². The summed E-state index contributed by atoms with van der Waals surface area (Å²) in [6.07, 6.45) is 0.637. The van der Waals surface area contributed by atoms with Crippen molar-refractivity contribution in [2.24, 2.45) is 0 Å². The molecule has 0 spiro atoms. The minimum absolute atomic E-state index is 0.301. The van der Waals surface area contributed by atoms with E-state index >= 15 is 0 Å². The summed E-state index contributed by atoms with van der Waals surface area (Å²) >= 11 is 0. The minimum Gasteiger partial charge on any atom is -0.497 e. The van der Waals surface area contributed by atoms with Gasteiger partial charge in [0.05, 0.1) is 18.4 Å². The largest absolute Gasteiger partial charge is 0.497 e. The molecule has 3 aromatic carbocycles. The van der Waals surface area contributed by atoms with Gasteiger partial charge in [0.15, 0.2) is 0 Å². The van der Waals surface area contributed by atoms with Crippen LogP contribution in [-0.4, -0.2) is 23.2 Å². The Hall–Kier alpha value is -3.53. The van der Waals surface area contributed by atoms with E-state index in [0.717, 1.165) is 39.0 Å². The van der Waals surface area contributed by atoms with Crippen LogP contribution in [0.4, 0.5) is 0 Å². The molecule has 0 fully saturated rings. The number of H-pyrrole nitrogens is 1. The third-order valence-electron chi connectivity index (χ3n) is 4.73. The van der Waals surface area contributed by atoms with Crippen molar-refractivity contribution in [2.45, 2.75) is 6.42 Å². The highest BCUT2D eigenvalue weighted by atomic mass is 16.5. The molecule has 0 bridgehead atoms. The van der Waals surface area contributed by atoms with Gasteiger partial charge in [-0.2, -0.15) is 0 Å². The van der Waals surface area contributed by atoms with E-state index in [1.807, 2.05) is 42.5 Å². The van der Waals surface area contributed by atoms with Crippen LogP contribution in [0.3, 0.4) is 0 Å². The molecule has 0 saturated carbocycles. The molecule has 1 aromatic heterocycles. The number of aromatic amines is 1. The van der Waals surface area contributed by atoms with E-state index in [-0.39, 0.29) is 0 Å². The van der Waals surface area contributed by atoms with E-state index in [9.17, 15) is 9.90 Å². The summed E-state index contributed by atoms with van der Waals surface area (Å²) in [5.41, 5.74) is 5.54. The van der Waals surface area contributed by atoms with Crippen molar-refractivity contribution >= 4 is 16.9 Å². The van der Waals surface area contributed by atoms with Crippen LogP contribution < -0.4 is 4.74 Å². The van der Waals surface area contributed by atoms with Crippen molar-refractivity contribution in [3.63, 3.8) is 0 Å². The average molecular weight is 357 g/mol. The predicted octanol–water partition coefficient (Wildman–Crippen LogP) is 5.13. The molecule has 27 heavy (non-hydrogen) atoms. The Morgan fingerprint density at radius 3 is 2.56 bits per heavy atom. The summed E-state index contributed by atoms with van der Waals surface area (Å²) in [5.74, 6) is -0.119. The molecule has 0 aliphatic carbocycles. The van der Waals surface area contributed by atoms with E-state index in [0.29, 0.717) is 12.0 Å². The number of fused-ring (bicyclic) bond motifs is 1. The number of carboxylic acids is 1. The molecular formula is C23H19NO3. The number of hydrogen-bond acceptors (Lipinski definition) is 2. The third kappa shape index (κ3) is 3.29. The van der Waals surface area contributed by atoms with Crippen LogP contribution in [0.5, 0.6) is 5.75 Å². The Bertz CT molecular complexity index is 1110. The molecule has 4 rings (SSSR count). The predicted molar refractivity (Wildman–Crippen MR) is 106 cm³/mol. The maximum Gasteiger partial charge on any atom is 0.335 e. The van der Waals surface area contributed by atoms with Gasteiger partial charge in [0, 0.05) is 23.4 Å². The zero-order valence-electron chi connectivity index (χ0n) is 14.9. The Balaban J connectivity index is 1.87. The van der Waals surface area contributed by atoms with Crippen LogP contribution in [0.1, 0.15) is 21.5 Å². The quantitative estimate of drug-likeness (QED) is 0.520. The van der Waals surface area contributed by atoms with E-state index in [1.165, 1.54) is 0 Å². The normalized spacial score (nSPS) is 10.9. The molecular weight excluding hydrogens is 338 g/mol. The maximum atomic E-state index is 11.3. The van der Waals surface area contributed by atoms with Gasteiger partial charge in [-0.25, -0.2) is 4.79 Å².